The normalized spacial score (nSPS) is 10.2. The van der Waals surface area contributed by atoms with Crippen LogP contribution < -0.4 is 0 Å². The van der Waals surface area contributed by atoms with Gasteiger partial charge in [0.25, 0.3) is 0 Å². The van der Waals surface area contributed by atoms with Crippen molar-refractivity contribution in [3.8, 4) is 0 Å². The van der Waals surface area contributed by atoms with Gasteiger partial charge in [0.1, 0.15) is 0 Å². The zero-order chi connectivity index (χ0) is 13.5. The Kier molecular flexibility index (Phi) is 14.1. The average Bonchev–Trinajstić information content (AvgIpc) is 2.30. The molecule has 0 saturated heterocycles. The second-order valence-corrected chi connectivity index (χ2v) is 2.67. The summed E-state index contributed by atoms with van der Waals surface area (Å²) in [7, 11) is 1.35. The second-order valence-electron chi connectivity index (χ2n) is 2.67. The lowest BCUT2D eigenvalue weighted by molar-refractivity contribution is -0.135. The van der Waals surface area contributed by atoms with Gasteiger partial charge < -0.3 is 9.84 Å². The van der Waals surface area contributed by atoms with E-state index in [9.17, 15) is 9.59 Å². The molecule has 0 aromatic carbocycles. The van der Waals surface area contributed by atoms with Gasteiger partial charge in [-0.15, -0.1) is 6.58 Å². The first-order valence-corrected chi connectivity index (χ1v) is 4.96. The number of esters is 1. The third kappa shape index (κ3) is 20.1. The third-order valence-electron chi connectivity index (χ3n) is 1.30. The van der Waals surface area contributed by atoms with E-state index in [4.69, 9.17) is 5.11 Å². The first-order valence-electron chi connectivity index (χ1n) is 4.96. The molecule has 0 unspecified atom stereocenters. The van der Waals surface area contributed by atoms with Gasteiger partial charge in [-0.25, -0.2) is 9.59 Å². The Morgan fingerprint density at radius 3 is 2.35 bits per heavy atom. The van der Waals surface area contributed by atoms with Gasteiger partial charge in [-0.05, 0) is 13.3 Å². The number of carboxylic acids is 1. The van der Waals surface area contributed by atoms with E-state index >= 15 is 0 Å². The number of hydrogen-bond donors (Lipinski definition) is 1. The molecule has 0 heterocycles. The third-order valence-corrected chi connectivity index (χ3v) is 1.30. The van der Waals surface area contributed by atoms with Gasteiger partial charge in [-0.2, -0.15) is 0 Å². The summed E-state index contributed by atoms with van der Waals surface area (Å²) in [6.45, 7) is 5.31. The Balaban J connectivity index is 0. The molecule has 0 saturated carbocycles. The van der Waals surface area contributed by atoms with E-state index in [2.05, 4.69) is 11.3 Å². The molecule has 0 radical (unpaired) electrons. The minimum absolute atomic E-state index is 0.322. The number of hydrogen-bond acceptors (Lipinski definition) is 3. The van der Waals surface area contributed by atoms with Gasteiger partial charge >= 0.3 is 11.9 Å². The fraction of sp³-hybridized carbons (Fsp3) is 0.231. The van der Waals surface area contributed by atoms with Crippen molar-refractivity contribution in [3.63, 3.8) is 0 Å². The minimum atomic E-state index is -0.914. The van der Waals surface area contributed by atoms with Crippen LogP contribution in [0.4, 0.5) is 0 Å². The van der Waals surface area contributed by atoms with Gasteiger partial charge in [0.2, 0.25) is 0 Å². The monoisotopic (exact) mass is 238 g/mol. The number of aliphatic carboxylic acids is 1. The van der Waals surface area contributed by atoms with E-state index in [1.807, 2.05) is 6.92 Å². The van der Waals surface area contributed by atoms with Gasteiger partial charge in [0, 0.05) is 12.2 Å². The smallest absolute Gasteiger partial charge is 0.330 e. The van der Waals surface area contributed by atoms with Gasteiger partial charge in [-0.1, -0.05) is 30.4 Å². The van der Waals surface area contributed by atoms with Crippen molar-refractivity contribution in [2.75, 3.05) is 7.11 Å². The maximum Gasteiger partial charge on any atom is 0.330 e. The van der Waals surface area contributed by atoms with E-state index in [-0.39, 0.29) is 5.97 Å². The molecule has 0 rings (SSSR count). The van der Waals surface area contributed by atoms with E-state index in [0.29, 0.717) is 6.42 Å². The zero-order valence-electron chi connectivity index (χ0n) is 10.1. The van der Waals surface area contributed by atoms with Crippen LogP contribution in [0.15, 0.2) is 49.1 Å². The summed E-state index contributed by atoms with van der Waals surface area (Å²) in [6.07, 6.45) is 11.5. The molecule has 0 fully saturated rings. The molecule has 0 atom stereocenters. The molecule has 0 aromatic heterocycles. The predicted molar refractivity (Wildman–Crippen MR) is 67.6 cm³/mol. The molecule has 0 amide bonds. The quantitative estimate of drug-likeness (QED) is 0.346. The van der Waals surface area contributed by atoms with Crippen molar-refractivity contribution in [1.29, 1.82) is 0 Å². The molecule has 94 valence electrons. The number of carbonyl (C=O) groups excluding carboxylic acids is 1. The molecule has 1 N–H and O–H groups in total. The summed E-state index contributed by atoms with van der Waals surface area (Å²) < 4.78 is 4.34. The maximum atomic E-state index is 10.3. The first-order chi connectivity index (χ1) is 8.08. The van der Waals surface area contributed by atoms with Crippen LogP contribution in [0.25, 0.3) is 0 Å². The summed E-state index contributed by atoms with van der Waals surface area (Å²) in [5, 5.41) is 8.02. The number of allylic oxidation sites excluding steroid dienone is 5. The summed E-state index contributed by atoms with van der Waals surface area (Å²) >= 11 is 0. The van der Waals surface area contributed by atoms with E-state index in [0.717, 1.165) is 6.08 Å². The highest BCUT2D eigenvalue weighted by Crippen LogP contribution is 1.83. The topological polar surface area (TPSA) is 63.6 Å². The Morgan fingerprint density at radius 1 is 1.29 bits per heavy atom. The van der Waals surface area contributed by atoms with Crippen LogP contribution >= 0.6 is 0 Å². The number of carboxylic acid groups (broad SMARTS) is 1. The molecule has 0 bridgehead atoms. The molecule has 4 heteroatoms. The number of ether oxygens (including phenoxy) is 1. The Hall–Kier alpha value is -2.10. The molecular formula is C13H18O4. The molecule has 0 aromatic rings. The SMILES string of the molecule is C=CCC=CC(=O)OC.CC=CC=CC(=O)O. The Labute approximate surface area is 102 Å². The molecule has 0 aliphatic rings. The number of rotatable bonds is 5. The highest BCUT2D eigenvalue weighted by atomic mass is 16.5. The molecule has 17 heavy (non-hydrogen) atoms. The fourth-order valence-corrected chi connectivity index (χ4v) is 0.578. The van der Waals surface area contributed by atoms with Crippen LogP contribution in [0.1, 0.15) is 13.3 Å². The lowest BCUT2D eigenvalue weighted by Crippen LogP contribution is -1.92. The number of methoxy groups -OCH3 is 1. The summed E-state index contributed by atoms with van der Waals surface area (Å²) in [6, 6.07) is 0. The molecule has 0 spiro atoms. The van der Waals surface area contributed by atoms with Crippen LogP contribution in [0.2, 0.25) is 0 Å². The fourth-order valence-electron chi connectivity index (χ4n) is 0.578. The summed E-state index contributed by atoms with van der Waals surface area (Å²) in [4.78, 5) is 20.1. The van der Waals surface area contributed by atoms with Gasteiger partial charge in [-0.3, -0.25) is 0 Å². The molecule has 4 nitrogen and oxygen atoms in total. The largest absolute Gasteiger partial charge is 0.478 e. The van der Waals surface area contributed by atoms with Crippen molar-refractivity contribution in [2.45, 2.75) is 13.3 Å². The number of carbonyl (C=O) groups is 2. The van der Waals surface area contributed by atoms with Crippen LogP contribution in [-0.2, 0) is 14.3 Å². The average molecular weight is 238 g/mol. The minimum Gasteiger partial charge on any atom is -0.478 e. The van der Waals surface area contributed by atoms with Gasteiger partial charge in [0.15, 0.2) is 0 Å². The van der Waals surface area contributed by atoms with Crippen molar-refractivity contribution in [2.24, 2.45) is 0 Å². The zero-order valence-corrected chi connectivity index (χ0v) is 10.1. The van der Waals surface area contributed by atoms with Crippen LogP contribution in [0, 0.1) is 0 Å². The van der Waals surface area contributed by atoms with E-state index < -0.39 is 5.97 Å². The van der Waals surface area contributed by atoms with Crippen molar-refractivity contribution in [1.82, 2.24) is 0 Å². The highest BCUT2D eigenvalue weighted by Gasteiger charge is 1.86. The highest BCUT2D eigenvalue weighted by molar-refractivity contribution is 5.81. The van der Waals surface area contributed by atoms with Crippen LogP contribution in [-0.4, -0.2) is 24.2 Å². The second kappa shape index (κ2) is 13.9. The summed E-state index contributed by atoms with van der Waals surface area (Å²) in [5.74, 6) is -1.24. The summed E-state index contributed by atoms with van der Waals surface area (Å²) in [5.41, 5.74) is 0. The first kappa shape index (κ1) is 17.3. The molecule has 0 aliphatic heterocycles. The lowest BCUT2D eigenvalue weighted by atomic mass is 10.4. The van der Waals surface area contributed by atoms with Gasteiger partial charge in [0.05, 0.1) is 7.11 Å². The van der Waals surface area contributed by atoms with E-state index in [1.165, 1.54) is 19.3 Å². The van der Waals surface area contributed by atoms with Crippen molar-refractivity contribution in [3.05, 3.63) is 49.1 Å². The Morgan fingerprint density at radius 2 is 1.94 bits per heavy atom. The van der Waals surface area contributed by atoms with E-state index in [1.54, 1.807) is 24.3 Å². The van der Waals surface area contributed by atoms with Crippen molar-refractivity contribution < 1.29 is 19.4 Å². The Bertz CT molecular complexity index is 311. The van der Waals surface area contributed by atoms with Crippen molar-refractivity contribution >= 4 is 11.9 Å². The lowest BCUT2D eigenvalue weighted by Gasteiger charge is -1.86. The predicted octanol–water partition coefficient (Wildman–Crippen LogP) is 2.50. The van der Waals surface area contributed by atoms with Crippen LogP contribution in [0.5, 0.6) is 0 Å². The maximum absolute atomic E-state index is 10.3. The molecular weight excluding hydrogens is 220 g/mol. The van der Waals surface area contributed by atoms with Crippen LogP contribution in [0.3, 0.4) is 0 Å². The molecule has 0 aliphatic carbocycles. The standard InChI is InChI=1S/C7H10O2.C6H8O2/c1-3-4-5-6-7(8)9-2;1-2-3-4-5-6(7)8/h3,5-6H,1,4H2,2H3;2-5H,1H3,(H,7,8).